The molecule has 0 fully saturated rings. The van der Waals surface area contributed by atoms with E-state index in [-0.39, 0.29) is 10.8 Å². The molecule has 2 aliphatic heterocycles. The molecule has 0 atom stereocenters. The second-order valence-electron chi connectivity index (χ2n) is 13.1. The van der Waals surface area contributed by atoms with Gasteiger partial charge in [0.05, 0.1) is 11.4 Å². The second-order valence-corrected chi connectivity index (χ2v) is 13.1. The van der Waals surface area contributed by atoms with Gasteiger partial charge in [-0.05, 0) is 91.3 Å². The van der Waals surface area contributed by atoms with Crippen LogP contribution in [0.15, 0.2) is 125 Å². The van der Waals surface area contributed by atoms with Crippen molar-refractivity contribution in [2.45, 2.75) is 78.1 Å². The van der Waals surface area contributed by atoms with Crippen molar-refractivity contribution in [1.29, 1.82) is 0 Å². The minimum absolute atomic E-state index is 0.0731. The highest BCUT2D eigenvalue weighted by Gasteiger charge is 2.39. The number of rotatable bonds is 7. The molecule has 3 aromatic carbocycles. The Kier molecular flexibility index (Phi) is 7.77. The molecule has 0 spiro atoms. The molecule has 43 heavy (non-hydrogen) atoms. The van der Waals surface area contributed by atoms with Crippen LogP contribution in [0.25, 0.3) is 0 Å². The highest BCUT2D eigenvalue weighted by molar-refractivity contribution is 6.08. The molecule has 0 unspecified atom stereocenters. The number of para-hydroxylation sites is 2. The van der Waals surface area contributed by atoms with Crippen LogP contribution < -0.4 is 9.64 Å². The van der Waals surface area contributed by atoms with Crippen molar-refractivity contribution < 1.29 is 4.74 Å². The highest BCUT2D eigenvalue weighted by Crippen LogP contribution is 2.48. The Bertz CT molecular complexity index is 1680. The molecule has 0 aromatic heterocycles. The lowest BCUT2D eigenvalue weighted by Gasteiger charge is -2.27. The van der Waals surface area contributed by atoms with Crippen molar-refractivity contribution in [1.82, 2.24) is 0 Å². The van der Waals surface area contributed by atoms with Crippen LogP contribution in [0.3, 0.4) is 0 Å². The fourth-order valence-corrected chi connectivity index (χ4v) is 6.82. The molecule has 3 aliphatic rings. The van der Waals surface area contributed by atoms with Gasteiger partial charge >= 0.3 is 0 Å². The summed E-state index contributed by atoms with van der Waals surface area (Å²) in [6, 6.07) is 25.6. The summed E-state index contributed by atoms with van der Waals surface area (Å²) in [5.41, 5.74) is 11.1. The zero-order valence-electron chi connectivity index (χ0n) is 26.6. The molecule has 2 heterocycles. The van der Waals surface area contributed by atoms with E-state index in [4.69, 9.17) is 9.73 Å². The first-order valence-electron chi connectivity index (χ1n) is 15.8. The van der Waals surface area contributed by atoms with Crippen molar-refractivity contribution in [3.05, 3.63) is 136 Å². The number of allylic oxidation sites excluding steroid dienone is 7. The number of hydrogen-bond acceptors (Lipinski definition) is 3. The summed E-state index contributed by atoms with van der Waals surface area (Å²) < 4.78 is 6.71. The first-order valence-corrected chi connectivity index (χ1v) is 15.8. The first-order chi connectivity index (χ1) is 20.7. The molecule has 0 radical (unpaired) electrons. The second kappa shape index (κ2) is 11.5. The van der Waals surface area contributed by atoms with Crippen LogP contribution in [-0.4, -0.2) is 12.3 Å². The average Bonchev–Trinajstić information content (AvgIpc) is 3.37. The van der Waals surface area contributed by atoms with Gasteiger partial charge in [-0.3, -0.25) is 4.99 Å². The monoisotopic (exact) mass is 568 g/mol. The number of anilines is 1. The van der Waals surface area contributed by atoms with E-state index in [0.717, 1.165) is 55.1 Å². The number of nitrogens with zero attached hydrogens (tertiary/aromatic N) is 2. The molecule has 3 heteroatoms. The van der Waals surface area contributed by atoms with Gasteiger partial charge in [-0.15, -0.1) is 0 Å². The topological polar surface area (TPSA) is 24.8 Å². The predicted molar refractivity (Wildman–Crippen MR) is 182 cm³/mol. The minimum Gasteiger partial charge on any atom is -0.457 e. The van der Waals surface area contributed by atoms with E-state index in [2.05, 4.69) is 113 Å². The quantitative estimate of drug-likeness (QED) is 0.283. The van der Waals surface area contributed by atoms with Gasteiger partial charge in [0.15, 0.2) is 0 Å². The molecule has 0 saturated heterocycles. The van der Waals surface area contributed by atoms with Crippen LogP contribution >= 0.6 is 0 Å². The van der Waals surface area contributed by atoms with Gasteiger partial charge in [0, 0.05) is 28.8 Å². The smallest absolute Gasteiger partial charge is 0.133 e. The van der Waals surface area contributed by atoms with E-state index < -0.39 is 0 Å². The molecule has 3 nitrogen and oxygen atoms in total. The van der Waals surface area contributed by atoms with Crippen LogP contribution in [-0.2, 0) is 10.8 Å². The number of benzene rings is 3. The summed E-state index contributed by atoms with van der Waals surface area (Å²) in [4.78, 5) is 7.53. The lowest BCUT2D eigenvalue weighted by Crippen LogP contribution is -2.26. The summed E-state index contributed by atoms with van der Waals surface area (Å²) in [5, 5.41) is 0. The third kappa shape index (κ3) is 5.42. The Labute approximate surface area is 258 Å². The zero-order valence-corrected chi connectivity index (χ0v) is 26.6. The number of ether oxygens (including phenoxy) is 1. The van der Waals surface area contributed by atoms with Crippen LogP contribution in [0.5, 0.6) is 5.75 Å². The fraction of sp³-hybridized carbons (Fsp3) is 0.325. The Morgan fingerprint density at radius 3 is 2.37 bits per heavy atom. The molecular weight excluding hydrogens is 524 g/mol. The zero-order chi connectivity index (χ0) is 30.2. The summed E-state index contributed by atoms with van der Waals surface area (Å²) in [6.07, 6.45) is 13.3. The minimum atomic E-state index is -0.129. The lowest BCUT2D eigenvalue weighted by atomic mass is 9.81. The summed E-state index contributed by atoms with van der Waals surface area (Å²) in [7, 11) is 0. The maximum atomic E-state index is 6.71. The van der Waals surface area contributed by atoms with Gasteiger partial charge in [0.25, 0.3) is 0 Å². The third-order valence-corrected chi connectivity index (χ3v) is 9.28. The molecule has 220 valence electrons. The van der Waals surface area contributed by atoms with E-state index in [1.54, 1.807) is 0 Å². The van der Waals surface area contributed by atoms with Crippen LogP contribution in [0.2, 0.25) is 0 Å². The van der Waals surface area contributed by atoms with E-state index >= 15 is 0 Å². The maximum absolute atomic E-state index is 6.71. The third-order valence-electron chi connectivity index (χ3n) is 9.28. The number of aliphatic imine (C=N–C) groups is 1. The molecule has 3 aromatic rings. The van der Waals surface area contributed by atoms with E-state index in [1.807, 2.05) is 30.3 Å². The van der Waals surface area contributed by atoms with Gasteiger partial charge < -0.3 is 9.64 Å². The Morgan fingerprint density at radius 2 is 1.60 bits per heavy atom. The molecule has 0 N–H and O–H groups in total. The van der Waals surface area contributed by atoms with Crippen molar-refractivity contribution in [2.75, 3.05) is 11.4 Å². The Balaban J connectivity index is 1.41. The number of hydrogen-bond donors (Lipinski definition) is 0. The predicted octanol–water partition coefficient (Wildman–Crippen LogP) is 10.5. The standard InChI is InChI=1S/C40H44N2O/c1-7-26-42-35-23-20-28(2)27-33(35)40(5,6)37(42)25-22-30-15-13-14-29(38(30)43-31-16-9-8-10-17-31)21-24-36-39(3,4)32-18-11-12-19-34(32)41-36/h8-12,16-25,27H,7,13-15,26H2,1-6H3/b24-21+,30-22+,37-25+. The van der Waals surface area contributed by atoms with Crippen molar-refractivity contribution in [2.24, 2.45) is 4.99 Å². The van der Waals surface area contributed by atoms with Crippen LogP contribution in [0.4, 0.5) is 11.4 Å². The Morgan fingerprint density at radius 1 is 0.837 bits per heavy atom. The summed E-state index contributed by atoms with van der Waals surface area (Å²) >= 11 is 0. The maximum Gasteiger partial charge on any atom is 0.133 e. The van der Waals surface area contributed by atoms with Crippen molar-refractivity contribution in [3.8, 4) is 5.75 Å². The average molecular weight is 569 g/mol. The molecule has 0 saturated carbocycles. The number of fused-ring (bicyclic) bond motifs is 2. The van der Waals surface area contributed by atoms with Gasteiger partial charge in [-0.2, -0.15) is 0 Å². The first kappa shape index (κ1) is 29.0. The van der Waals surface area contributed by atoms with E-state index in [9.17, 15) is 0 Å². The van der Waals surface area contributed by atoms with Crippen LogP contribution in [0.1, 0.15) is 77.0 Å². The normalized spacial score (nSPS) is 20.6. The van der Waals surface area contributed by atoms with E-state index in [0.29, 0.717) is 0 Å². The van der Waals surface area contributed by atoms with Gasteiger partial charge in [-0.1, -0.05) is 101 Å². The molecule has 0 amide bonds. The molecule has 6 rings (SSSR count). The van der Waals surface area contributed by atoms with Crippen molar-refractivity contribution in [3.63, 3.8) is 0 Å². The van der Waals surface area contributed by atoms with E-state index in [1.165, 1.54) is 39.2 Å². The fourth-order valence-electron chi connectivity index (χ4n) is 6.82. The van der Waals surface area contributed by atoms with Crippen molar-refractivity contribution >= 4 is 17.1 Å². The summed E-state index contributed by atoms with van der Waals surface area (Å²) in [5.74, 6) is 1.84. The SMILES string of the molecule is CCCN1/C(=C/C=C2\CCCC(/C=C/C3=Nc4ccccc4C3(C)C)=C2Oc2ccccc2)C(C)(C)c2cc(C)ccc21. The van der Waals surface area contributed by atoms with Gasteiger partial charge in [0.1, 0.15) is 11.5 Å². The molecular formula is C40H44N2O. The van der Waals surface area contributed by atoms with Gasteiger partial charge in [0.2, 0.25) is 0 Å². The summed E-state index contributed by atoms with van der Waals surface area (Å²) in [6.45, 7) is 14.7. The highest BCUT2D eigenvalue weighted by atomic mass is 16.5. The lowest BCUT2D eigenvalue weighted by molar-refractivity contribution is 0.415. The number of aryl methyl sites for hydroxylation is 1. The molecule has 0 bridgehead atoms. The van der Waals surface area contributed by atoms with Crippen LogP contribution in [0, 0.1) is 6.92 Å². The largest absolute Gasteiger partial charge is 0.457 e. The molecule has 1 aliphatic carbocycles. The Hall–Kier alpha value is -4.11. The van der Waals surface area contributed by atoms with Gasteiger partial charge in [-0.25, -0.2) is 0 Å².